The number of methoxy groups -OCH3 is 1. The Morgan fingerprint density at radius 1 is 0.933 bits per heavy atom. The van der Waals surface area contributed by atoms with E-state index in [1.54, 1.807) is 7.11 Å². The molecule has 2 N–H and O–H groups in total. The molecule has 0 atom stereocenters. The molecule has 0 radical (unpaired) electrons. The van der Waals surface area contributed by atoms with E-state index in [0.717, 1.165) is 33.9 Å². The number of aromatic nitrogens is 2. The van der Waals surface area contributed by atoms with Crippen molar-refractivity contribution >= 4 is 23.0 Å². The van der Waals surface area contributed by atoms with Crippen LogP contribution in [0.2, 0.25) is 0 Å². The highest BCUT2D eigenvalue weighted by atomic mass is 32.1. The second kappa shape index (κ2) is 9.24. The lowest BCUT2D eigenvalue weighted by atomic mass is 10.1. The summed E-state index contributed by atoms with van der Waals surface area (Å²) in [6.07, 6.45) is 2.03. The van der Waals surface area contributed by atoms with Gasteiger partial charge in [-0.25, -0.2) is 4.68 Å². The van der Waals surface area contributed by atoms with Crippen LogP contribution in [0.4, 0.5) is 5.69 Å². The molecule has 0 amide bonds. The normalized spacial score (nSPS) is 10.4. The van der Waals surface area contributed by atoms with Crippen LogP contribution in [0.1, 0.15) is 5.56 Å². The Morgan fingerprint density at radius 2 is 1.60 bits per heavy atom. The average Bonchev–Trinajstić information content (AvgIpc) is 3.23. The second-order valence-electron chi connectivity index (χ2n) is 6.69. The van der Waals surface area contributed by atoms with Crippen molar-refractivity contribution < 1.29 is 4.74 Å². The van der Waals surface area contributed by atoms with Crippen LogP contribution in [0.25, 0.3) is 16.9 Å². The molecule has 0 saturated heterocycles. The molecule has 0 saturated carbocycles. The zero-order chi connectivity index (χ0) is 20.8. The van der Waals surface area contributed by atoms with E-state index >= 15 is 0 Å². The van der Waals surface area contributed by atoms with Crippen LogP contribution < -0.4 is 15.4 Å². The summed E-state index contributed by atoms with van der Waals surface area (Å²) in [7, 11) is 1.66. The number of hydrogen-bond donors (Lipinski definition) is 2. The lowest BCUT2D eigenvalue weighted by Crippen LogP contribution is -2.27. The number of rotatable bonds is 6. The lowest BCUT2D eigenvalue weighted by molar-refractivity contribution is 0.415. The Morgan fingerprint density at radius 3 is 2.27 bits per heavy atom. The predicted octanol–water partition coefficient (Wildman–Crippen LogP) is 5.03. The molecule has 1 heterocycles. The van der Waals surface area contributed by atoms with E-state index in [1.807, 2.05) is 95.8 Å². The first-order chi connectivity index (χ1) is 14.7. The highest BCUT2D eigenvalue weighted by molar-refractivity contribution is 7.80. The van der Waals surface area contributed by atoms with Crippen LogP contribution in [0.5, 0.6) is 5.75 Å². The number of thiocarbonyl (C=S) groups is 1. The number of anilines is 1. The quantitative estimate of drug-likeness (QED) is 0.433. The summed E-state index contributed by atoms with van der Waals surface area (Å²) in [6, 6.07) is 27.8. The summed E-state index contributed by atoms with van der Waals surface area (Å²) in [6.45, 7) is 0.548. The minimum Gasteiger partial charge on any atom is -0.497 e. The van der Waals surface area contributed by atoms with Crippen molar-refractivity contribution in [2.75, 3.05) is 12.4 Å². The molecule has 0 bridgehead atoms. The summed E-state index contributed by atoms with van der Waals surface area (Å²) in [5.74, 6) is 0.814. The molecule has 150 valence electrons. The minimum absolute atomic E-state index is 0.548. The highest BCUT2D eigenvalue weighted by Crippen LogP contribution is 2.26. The largest absolute Gasteiger partial charge is 0.497 e. The fraction of sp³-hybridized carbons (Fsp3) is 0.0833. The maximum Gasteiger partial charge on any atom is 0.171 e. The van der Waals surface area contributed by atoms with Gasteiger partial charge in [-0.2, -0.15) is 5.10 Å². The molecule has 0 spiro atoms. The number of nitrogens with zero attached hydrogens (tertiary/aromatic N) is 2. The van der Waals surface area contributed by atoms with Gasteiger partial charge in [0.25, 0.3) is 0 Å². The van der Waals surface area contributed by atoms with Crippen molar-refractivity contribution in [1.29, 1.82) is 0 Å². The van der Waals surface area contributed by atoms with Gasteiger partial charge in [-0.15, -0.1) is 0 Å². The van der Waals surface area contributed by atoms with Crippen molar-refractivity contribution in [1.82, 2.24) is 15.1 Å². The lowest BCUT2D eigenvalue weighted by Gasteiger charge is -2.10. The van der Waals surface area contributed by atoms with Crippen LogP contribution in [0.3, 0.4) is 0 Å². The molecule has 4 rings (SSSR count). The van der Waals surface area contributed by atoms with Gasteiger partial charge in [0.05, 0.1) is 18.5 Å². The fourth-order valence-electron chi connectivity index (χ4n) is 3.12. The van der Waals surface area contributed by atoms with E-state index in [9.17, 15) is 0 Å². The molecular formula is C24H22N4OS. The van der Waals surface area contributed by atoms with Gasteiger partial charge >= 0.3 is 0 Å². The van der Waals surface area contributed by atoms with Gasteiger partial charge in [-0.3, -0.25) is 0 Å². The summed E-state index contributed by atoms with van der Waals surface area (Å²) in [5.41, 5.74) is 4.91. The summed E-state index contributed by atoms with van der Waals surface area (Å²) in [4.78, 5) is 0. The number of ether oxygens (including phenoxy) is 1. The number of para-hydroxylation sites is 2. The molecule has 0 fully saturated rings. The molecule has 0 aliphatic heterocycles. The van der Waals surface area contributed by atoms with Crippen molar-refractivity contribution in [2.24, 2.45) is 0 Å². The number of hydrogen-bond acceptors (Lipinski definition) is 3. The van der Waals surface area contributed by atoms with Gasteiger partial charge < -0.3 is 15.4 Å². The second-order valence-corrected chi connectivity index (χ2v) is 7.09. The van der Waals surface area contributed by atoms with Crippen molar-refractivity contribution in [2.45, 2.75) is 6.54 Å². The predicted molar refractivity (Wildman–Crippen MR) is 125 cm³/mol. The van der Waals surface area contributed by atoms with Gasteiger partial charge in [-0.1, -0.05) is 36.4 Å². The third-order valence-electron chi connectivity index (χ3n) is 4.65. The van der Waals surface area contributed by atoms with E-state index in [0.29, 0.717) is 11.7 Å². The molecule has 1 aromatic heterocycles. The molecule has 3 aromatic carbocycles. The van der Waals surface area contributed by atoms with Gasteiger partial charge in [0.2, 0.25) is 0 Å². The Balaban J connectivity index is 1.58. The van der Waals surface area contributed by atoms with Gasteiger partial charge in [0.15, 0.2) is 5.11 Å². The third kappa shape index (κ3) is 4.67. The van der Waals surface area contributed by atoms with Crippen LogP contribution in [0.15, 0.2) is 91.1 Å². The maximum atomic E-state index is 5.46. The van der Waals surface area contributed by atoms with Crippen molar-refractivity contribution in [3.05, 3.63) is 96.7 Å². The molecular weight excluding hydrogens is 392 g/mol. The number of nitrogens with one attached hydrogen (secondary N) is 2. The SMILES string of the molecule is COc1ccc(-c2nn(-c3ccccc3)cc2CNC(=S)Nc2ccccc2)cc1. The molecule has 6 heteroatoms. The fourth-order valence-corrected chi connectivity index (χ4v) is 3.31. The van der Waals surface area contributed by atoms with Gasteiger partial charge in [0.1, 0.15) is 5.75 Å². The van der Waals surface area contributed by atoms with Crippen LogP contribution >= 0.6 is 12.2 Å². The highest BCUT2D eigenvalue weighted by Gasteiger charge is 2.13. The van der Waals surface area contributed by atoms with Gasteiger partial charge in [0, 0.05) is 29.6 Å². The third-order valence-corrected chi connectivity index (χ3v) is 4.89. The first kappa shape index (κ1) is 19.7. The summed E-state index contributed by atoms with van der Waals surface area (Å²) >= 11 is 5.46. The minimum atomic E-state index is 0.548. The Labute approximate surface area is 181 Å². The van der Waals surface area contributed by atoms with Crippen LogP contribution in [-0.4, -0.2) is 22.0 Å². The zero-order valence-electron chi connectivity index (χ0n) is 16.6. The smallest absolute Gasteiger partial charge is 0.171 e. The Bertz CT molecular complexity index is 1110. The Hall–Kier alpha value is -3.64. The van der Waals surface area contributed by atoms with E-state index in [2.05, 4.69) is 10.6 Å². The first-order valence-corrected chi connectivity index (χ1v) is 10.0. The van der Waals surface area contributed by atoms with Gasteiger partial charge in [-0.05, 0) is 60.7 Å². The van der Waals surface area contributed by atoms with Crippen molar-refractivity contribution in [3.63, 3.8) is 0 Å². The molecule has 30 heavy (non-hydrogen) atoms. The molecule has 5 nitrogen and oxygen atoms in total. The van der Waals surface area contributed by atoms with E-state index < -0.39 is 0 Å². The van der Waals surface area contributed by atoms with E-state index in [4.69, 9.17) is 22.1 Å². The molecule has 0 unspecified atom stereocenters. The van der Waals surface area contributed by atoms with Crippen LogP contribution in [0, 0.1) is 0 Å². The van der Waals surface area contributed by atoms with E-state index in [1.165, 1.54) is 0 Å². The zero-order valence-corrected chi connectivity index (χ0v) is 17.4. The molecule has 4 aromatic rings. The molecule has 0 aliphatic carbocycles. The standard InChI is InChI=1S/C24H22N4OS/c1-29-22-14-12-18(13-15-22)23-19(17-28(27-23)21-10-6-3-7-11-21)16-25-24(30)26-20-8-4-2-5-9-20/h2-15,17H,16H2,1H3,(H2,25,26,30). The average molecular weight is 415 g/mol. The summed E-state index contributed by atoms with van der Waals surface area (Å²) < 4.78 is 7.18. The topological polar surface area (TPSA) is 51.1 Å². The molecule has 0 aliphatic rings. The first-order valence-electron chi connectivity index (χ1n) is 9.61. The summed E-state index contributed by atoms with van der Waals surface area (Å²) in [5, 5.41) is 11.9. The monoisotopic (exact) mass is 414 g/mol. The maximum absolute atomic E-state index is 5.46. The van der Waals surface area contributed by atoms with Crippen LogP contribution in [-0.2, 0) is 6.54 Å². The number of benzene rings is 3. The van der Waals surface area contributed by atoms with E-state index in [-0.39, 0.29) is 0 Å². The Kier molecular flexibility index (Phi) is 6.06. The van der Waals surface area contributed by atoms with Crippen molar-refractivity contribution in [3.8, 4) is 22.7 Å².